The molecule has 0 unspecified atom stereocenters. The summed E-state index contributed by atoms with van der Waals surface area (Å²) in [4.78, 5) is 10.4. The molecule has 6 heteroatoms. The van der Waals surface area contributed by atoms with Crippen molar-refractivity contribution in [2.24, 2.45) is 0 Å². The van der Waals surface area contributed by atoms with E-state index in [0.717, 1.165) is 25.8 Å². The number of nitro benzene ring substituents is 1. The normalized spacial score (nSPS) is 21.8. The topological polar surface area (TPSA) is 64.4 Å². The van der Waals surface area contributed by atoms with Gasteiger partial charge in [0.15, 0.2) is 0 Å². The van der Waals surface area contributed by atoms with Gasteiger partial charge in [0.2, 0.25) is 0 Å². The van der Waals surface area contributed by atoms with Crippen molar-refractivity contribution in [1.29, 1.82) is 0 Å². The maximum atomic E-state index is 10.8. The minimum Gasteiger partial charge on any atom is -0.490 e. The van der Waals surface area contributed by atoms with E-state index in [1.54, 1.807) is 6.07 Å². The fourth-order valence-corrected chi connectivity index (χ4v) is 2.55. The van der Waals surface area contributed by atoms with E-state index in [4.69, 9.17) is 4.74 Å². The summed E-state index contributed by atoms with van der Waals surface area (Å²) in [6.07, 6.45) is 3.20. The molecule has 19 heavy (non-hydrogen) atoms. The van der Waals surface area contributed by atoms with E-state index in [-0.39, 0.29) is 11.8 Å². The number of rotatable bonds is 6. The number of nitrogens with one attached hydrogen (secondary N) is 1. The highest BCUT2D eigenvalue weighted by Crippen LogP contribution is 2.30. The van der Waals surface area contributed by atoms with Crippen LogP contribution in [-0.2, 0) is 0 Å². The second-order valence-corrected chi connectivity index (χ2v) is 5.68. The van der Waals surface area contributed by atoms with Crippen LogP contribution in [0.15, 0.2) is 22.7 Å². The Morgan fingerprint density at radius 1 is 1.47 bits per heavy atom. The number of ether oxygens (including phenoxy) is 1. The first-order chi connectivity index (χ1) is 9.08. The summed E-state index contributed by atoms with van der Waals surface area (Å²) in [5.74, 6) is 0.556. The van der Waals surface area contributed by atoms with Crippen LogP contribution >= 0.6 is 15.9 Å². The van der Waals surface area contributed by atoms with Gasteiger partial charge in [-0.2, -0.15) is 0 Å². The van der Waals surface area contributed by atoms with E-state index in [1.165, 1.54) is 12.1 Å². The summed E-state index contributed by atoms with van der Waals surface area (Å²) in [6, 6.07) is 5.23. The zero-order chi connectivity index (χ0) is 13.8. The molecule has 0 radical (unpaired) electrons. The Morgan fingerprint density at radius 2 is 2.21 bits per heavy atom. The number of non-ortho nitro benzene ring substituents is 1. The number of hydrogen-bond acceptors (Lipinski definition) is 4. The standard InChI is InChI=1S/C13H17BrN2O3/c1-2-3-15-10-6-13(7-10)19-12-5-9(14)4-11(8-12)16(17)18/h4-5,8,10,13,15H,2-3,6-7H2,1H3. The van der Waals surface area contributed by atoms with Gasteiger partial charge >= 0.3 is 0 Å². The molecular weight excluding hydrogens is 312 g/mol. The molecule has 1 N–H and O–H groups in total. The molecule has 0 amide bonds. The van der Waals surface area contributed by atoms with Gasteiger partial charge in [0, 0.05) is 16.6 Å². The third-order valence-electron chi connectivity index (χ3n) is 3.15. The Balaban J connectivity index is 1.89. The molecule has 104 valence electrons. The van der Waals surface area contributed by atoms with Crippen molar-refractivity contribution < 1.29 is 9.66 Å². The van der Waals surface area contributed by atoms with E-state index in [9.17, 15) is 10.1 Å². The molecule has 1 fully saturated rings. The van der Waals surface area contributed by atoms with Crippen molar-refractivity contribution in [3.63, 3.8) is 0 Å². The second kappa shape index (κ2) is 6.34. The summed E-state index contributed by atoms with van der Waals surface area (Å²) in [6.45, 7) is 3.17. The molecule has 1 saturated carbocycles. The molecule has 0 aliphatic heterocycles. The molecule has 1 aliphatic rings. The predicted octanol–water partition coefficient (Wildman–Crippen LogP) is 3.27. The van der Waals surface area contributed by atoms with Crippen LogP contribution in [0.25, 0.3) is 0 Å². The average Bonchev–Trinajstić information content (AvgIpc) is 2.31. The smallest absolute Gasteiger partial charge is 0.274 e. The van der Waals surface area contributed by atoms with Crippen molar-refractivity contribution in [3.05, 3.63) is 32.8 Å². The van der Waals surface area contributed by atoms with Crippen molar-refractivity contribution in [2.45, 2.75) is 38.3 Å². The second-order valence-electron chi connectivity index (χ2n) is 4.76. The fourth-order valence-electron chi connectivity index (χ4n) is 2.09. The van der Waals surface area contributed by atoms with Gasteiger partial charge in [0.1, 0.15) is 11.9 Å². The Hall–Kier alpha value is -1.14. The quantitative estimate of drug-likeness (QED) is 0.643. The molecule has 2 rings (SSSR count). The van der Waals surface area contributed by atoms with Gasteiger partial charge in [-0.1, -0.05) is 22.9 Å². The van der Waals surface area contributed by atoms with E-state index < -0.39 is 4.92 Å². The van der Waals surface area contributed by atoms with Crippen molar-refractivity contribution >= 4 is 21.6 Å². The van der Waals surface area contributed by atoms with Crippen molar-refractivity contribution in [1.82, 2.24) is 5.32 Å². The van der Waals surface area contributed by atoms with Crippen LogP contribution in [-0.4, -0.2) is 23.6 Å². The highest BCUT2D eigenvalue weighted by Gasteiger charge is 2.30. The molecule has 0 spiro atoms. The molecular formula is C13H17BrN2O3. The first kappa shape index (κ1) is 14.3. The molecule has 0 saturated heterocycles. The minimum atomic E-state index is -0.413. The summed E-state index contributed by atoms with van der Waals surface area (Å²) < 4.78 is 6.42. The lowest BCUT2D eigenvalue weighted by atomic mass is 9.89. The number of nitrogens with zero attached hydrogens (tertiary/aromatic N) is 1. The van der Waals surface area contributed by atoms with Gasteiger partial charge in [0.05, 0.1) is 11.0 Å². The van der Waals surface area contributed by atoms with Crippen LogP contribution in [0.4, 0.5) is 5.69 Å². The van der Waals surface area contributed by atoms with E-state index in [2.05, 4.69) is 28.2 Å². The fraction of sp³-hybridized carbons (Fsp3) is 0.538. The third-order valence-corrected chi connectivity index (χ3v) is 3.61. The Bertz CT molecular complexity index is 461. The Morgan fingerprint density at radius 3 is 2.84 bits per heavy atom. The molecule has 1 aromatic rings. The van der Waals surface area contributed by atoms with Gasteiger partial charge < -0.3 is 10.1 Å². The monoisotopic (exact) mass is 328 g/mol. The number of hydrogen-bond donors (Lipinski definition) is 1. The van der Waals surface area contributed by atoms with Crippen LogP contribution in [0.2, 0.25) is 0 Å². The highest BCUT2D eigenvalue weighted by atomic mass is 79.9. The predicted molar refractivity (Wildman–Crippen MR) is 76.5 cm³/mol. The van der Waals surface area contributed by atoms with Crippen molar-refractivity contribution in [3.8, 4) is 5.75 Å². The van der Waals surface area contributed by atoms with Crippen LogP contribution < -0.4 is 10.1 Å². The van der Waals surface area contributed by atoms with Crippen LogP contribution in [0.1, 0.15) is 26.2 Å². The lowest BCUT2D eigenvalue weighted by Gasteiger charge is -2.36. The Kier molecular flexibility index (Phi) is 4.76. The average molecular weight is 329 g/mol. The summed E-state index contributed by atoms with van der Waals surface area (Å²) in [5, 5.41) is 14.2. The van der Waals surface area contributed by atoms with Crippen LogP contribution in [0.5, 0.6) is 5.75 Å². The molecule has 5 nitrogen and oxygen atoms in total. The lowest BCUT2D eigenvalue weighted by Crippen LogP contribution is -2.46. The van der Waals surface area contributed by atoms with Gasteiger partial charge in [-0.15, -0.1) is 0 Å². The highest BCUT2D eigenvalue weighted by molar-refractivity contribution is 9.10. The zero-order valence-electron chi connectivity index (χ0n) is 10.8. The molecule has 0 bridgehead atoms. The summed E-state index contributed by atoms with van der Waals surface area (Å²) in [5.41, 5.74) is 0.0457. The Labute approximate surface area is 120 Å². The lowest BCUT2D eigenvalue weighted by molar-refractivity contribution is -0.385. The van der Waals surface area contributed by atoms with Gasteiger partial charge in [-0.05, 0) is 31.9 Å². The largest absolute Gasteiger partial charge is 0.490 e. The summed E-state index contributed by atoms with van der Waals surface area (Å²) in [7, 11) is 0. The number of halogens is 1. The minimum absolute atomic E-state index is 0.0457. The SMILES string of the molecule is CCCNC1CC(Oc2cc(Br)cc([N+](=O)[O-])c2)C1. The molecule has 1 aliphatic carbocycles. The van der Waals surface area contributed by atoms with Crippen molar-refractivity contribution in [2.75, 3.05) is 6.54 Å². The van der Waals surface area contributed by atoms with Crippen LogP contribution in [0.3, 0.4) is 0 Å². The van der Waals surface area contributed by atoms with Crippen LogP contribution in [0, 0.1) is 10.1 Å². The van der Waals surface area contributed by atoms with E-state index >= 15 is 0 Å². The number of benzene rings is 1. The maximum absolute atomic E-state index is 10.8. The third kappa shape index (κ3) is 3.91. The van der Waals surface area contributed by atoms with Gasteiger partial charge in [-0.25, -0.2) is 0 Å². The van der Waals surface area contributed by atoms with Gasteiger partial charge in [0.25, 0.3) is 5.69 Å². The first-order valence-corrected chi connectivity index (χ1v) is 7.22. The van der Waals surface area contributed by atoms with E-state index in [1.807, 2.05) is 0 Å². The molecule has 0 aromatic heterocycles. The zero-order valence-corrected chi connectivity index (χ0v) is 12.4. The number of nitro groups is 1. The molecule has 0 atom stereocenters. The summed E-state index contributed by atoms with van der Waals surface area (Å²) >= 11 is 3.26. The molecule has 0 heterocycles. The first-order valence-electron chi connectivity index (χ1n) is 6.43. The van der Waals surface area contributed by atoms with E-state index in [0.29, 0.717) is 16.3 Å². The maximum Gasteiger partial charge on any atom is 0.274 e. The molecule has 1 aromatic carbocycles. The van der Waals surface area contributed by atoms with Gasteiger partial charge in [-0.3, -0.25) is 10.1 Å².